The molecule has 2 amide bonds. The predicted octanol–water partition coefficient (Wildman–Crippen LogP) is 4.77. The normalized spacial score (nSPS) is 14.2. The number of hydrogen-bond acceptors (Lipinski definition) is 7. The number of carboxylic acid groups (broad SMARTS) is 1. The second kappa shape index (κ2) is 13.4. The second-order valence-corrected chi connectivity index (χ2v) is 11.0. The lowest BCUT2D eigenvalue weighted by Crippen LogP contribution is -2.56. The van der Waals surface area contributed by atoms with Crippen LogP contribution in [0.3, 0.4) is 0 Å². The highest BCUT2D eigenvalue weighted by molar-refractivity contribution is 7.09. The molecule has 0 saturated carbocycles. The van der Waals surface area contributed by atoms with Crippen LogP contribution in [0.4, 0.5) is 4.79 Å². The minimum absolute atomic E-state index is 0.0582. The van der Waals surface area contributed by atoms with Crippen LogP contribution in [0.1, 0.15) is 34.4 Å². The van der Waals surface area contributed by atoms with E-state index in [1.165, 1.54) is 11.3 Å². The number of carboxylic acids is 1. The summed E-state index contributed by atoms with van der Waals surface area (Å²) < 4.78 is 11.6. The molecule has 0 saturated heterocycles. The van der Waals surface area contributed by atoms with Gasteiger partial charge in [0.2, 0.25) is 5.91 Å². The molecule has 3 aromatic carbocycles. The zero-order valence-electron chi connectivity index (χ0n) is 22.9. The average Bonchev–Trinajstić information content (AvgIpc) is 3.63. The van der Waals surface area contributed by atoms with E-state index in [-0.39, 0.29) is 25.6 Å². The summed E-state index contributed by atoms with van der Waals surface area (Å²) in [4.78, 5) is 43.2. The van der Waals surface area contributed by atoms with Crippen molar-refractivity contribution in [3.8, 4) is 11.1 Å². The number of aromatic nitrogens is 1. The number of hydrogen-bond donors (Lipinski definition) is 3. The first-order valence-electron chi connectivity index (χ1n) is 13.6. The second-order valence-electron chi connectivity index (χ2n) is 10.0. The van der Waals surface area contributed by atoms with Crippen molar-refractivity contribution in [2.75, 3.05) is 6.61 Å². The molecule has 4 aromatic rings. The molecular weight excluding hydrogens is 554 g/mol. The summed E-state index contributed by atoms with van der Waals surface area (Å²) in [6.07, 6.45) is 0.0120. The van der Waals surface area contributed by atoms with Crippen LogP contribution < -0.4 is 10.6 Å². The highest BCUT2D eigenvalue weighted by Crippen LogP contribution is 2.44. The van der Waals surface area contributed by atoms with E-state index in [4.69, 9.17) is 9.47 Å². The van der Waals surface area contributed by atoms with Gasteiger partial charge in [-0.15, -0.1) is 11.3 Å². The quantitative estimate of drug-likeness (QED) is 0.219. The molecule has 0 radical (unpaired) electrons. The lowest BCUT2D eigenvalue weighted by Gasteiger charge is -2.26. The Kier molecular flexibility index (Phi) is 9.25. The van der Waals surface area contributed by atoms with Crippen molar-refractivity contribution in [2.24, 2.45) is 0 Å². The molecule has 5 rings (SSSR count). The molecule has 1 unspecified atom stereocenters. The molecule has 0 fully saturated rings. The molecule has 42 heavy (non-hydrogen) atoms. The zero-order valence-corrected chi connectivity index (χ0v) is 23.8. The van der Waals surface area contributed by atoms with Crippen molar-refractivity contribution in [2.45, 2.75) is 44.1 Å². The number of nitrogens with one attached hydrogen (secondary N) is 2. The topological polar surface area (TPSA) is 127 Å². The fraction of sp³-hybridized carbons (Fsp3) is 0.250. The number of fused-ring (bicyclic) bond motifs is 3. The maximum Gasteiger partial charge on any atom is 0.407 e. The highest BCUT2D eigenvalue weighted by atomic mass is 32.1. The van der Waals surface area contributed by atoms with E-state index in [2.05, 4.69) is 15.6 Å². The summed E-state index contributed by atoms with van der Waals surface area (Å²) in [5, 5.41) is 14.9. The number of amides is 2. The molecule has 3 atom stereocenters. The van der Waals surface area contributed by atoms with Gasteiger partial charge in [-0.05, 0) is 34.7 Å². The summed E-state index contributed by atoms with van der Waals surface area (Å²) in [7, 11) is 0. The minimum atomic E-state index is -1.22. The molecule has 1 heterocycles. The number of rotatable bonds is 12. The Morgan fingerprint density at radius 1 is 0.929 bits per heavy atom. The lowest BCUT2D eigenvalue weighted by molar-refractivity contribution is -0.142. The summed E-state index contributed by atoms with van der Waals surface area (Å²) in [6, 6.07) is 23.0. The van der Waals surface area contributed by atoms with Crippen molar-refractivity contribution < 1.29 is 29.0 Å². The van der Waals surface area contributed by atoms with E-state index in [0.29, 0.717) is 4.88 Å². The van der Waals surface area contributed by atoms with E-state index in [0.717, 1.165) is 27.8 Å². The van der Waals surface area contributed by atoms with Crippen molar-refractivity contribution in [3.63, 3.8) is 0 Å². The molecular formula is C32H31N3O6S. The minimum Gasteiger partial charge on any atom is -0.480 e. The molecule has 9 nitrogen and oxygen atoms in total. The molecule has 0 spiro atoms. The summed E-state index contributed by atoms with van der Waals surface area (Å²) in [5.41, 5.74) is 6.81. The molecule has 0 aliphatic heterocycles. The standard InChI is InChI=1S/C32H31N3O6S/c1-20(40-17-21-9-3-2-4-10-21)29(30(36)34-28(31(37)38)15-22-16-33-19-42-22)35-32(39)41-18-27-25-13-7-5-11-23(25)24-12-6-8-14-26(24)27/h2-14,16,19-20,27-29H,15,17-18H2,1H3,(H,34,36)(H,35,39)(H,37,38)/t20-,28?,29+/m0/s1. The number of aliphatic carboxylic acids is 1. The van der Waals surface area contributed by atoms with Crippen LogP contribution in [-0.4, -0.2) is 52.9 Å². The lowest BCUT2D eigenvalue weighted by atomic mass is 9.98. The van der Waals surface area contributed by atoms with Gasteiger partial charge in [-0.25, -0.2) is 9.59 Å². The van der Waals surface area contributed by atoms with Crippen LogP contribution in [0.2, 0.25) is 0 Å². The number of alkyl carbamates (subject to hydrolysis) is 1. The number of thiazole rings is 1. The monoisotopic (exact) mass is 585 g/mol. The Morgan fingerprint density at radius 2 is 1.57 bits per heavy atom. The van der Waals surface area contributed by atoms with Crippen molar-refractivity contribution in [1.82, 2.24) is 15.6 Å². The van der Waals surface area contributed by atoms with Crippen LogP contribution in [0.25, 0.3) is 11.1 Å². The van der Waals surface area contributed by atoms with E-state index >= 15 is 0 Å². The predicted molar refractivity (Wildman–Crippen MR) is 158 cm³/mol. The summed E-state index contributed by atoms with van der Waals surface area (Å²) in [6.45, 7) is 1.91. The van der Waals surface area contributed by atoms with Gasteiger partial charge in [-0.3, -0.25) is 9.78 Å². The highest BCUT2D eigenvalue weighted by Gasteiger charge is 2.33. The number of carbonyl (C=O) groups is 3. The third-order valence-corrected chi connectivity index (χ3v) is 8.03. The smallest absolute Gasteiger partial charge is 0.407 e. The Labute approximate surface area is 247 Å². The van der Waals surface area contributed by atoms with Crippen molar-refractivity contribution in [3.05, 3.63) is 112 Å². The van der Waals surface area contributed by atoms with Gasteiger partial charge in [0.05, 0.1) is 18.2 Å². The molecule has 1 aliphatic carbocycles. The van der Waals surface area contributed by atoms with Crippen LogP contribution in [0.15, 0.2) is 90.6 Å². The molecule has 216 valence electrons. The van der Waals surface area contributed by atoms with Gasteiger partial charge in [0.1, 0.15) is 18.7 Å². The largest absolute Gasteiger partial charge is 0.480 e. The van der Waals surface area contributed by atoms with E-state index in [1.807, 2.05) is 78.9 Å². The molecule has 1 aliphatic rings. The third kappa shape index (κ3) is 6.84. The Morgan fingerprint density at radius 3 is 2.19 bits per heavy atom. The van der Waals surface area contributed by atoms with Gasteiger partial charge in [-0.1, -0.05) is 78.9 Å². The SMILES string of the molecule is C[C@H](OCc1ccccc1)[C@@H](NC(=O)OCC1c2ccccc2-c2ccccc21)C(=O)NC(Cc1cncs1)C(=O)O. The van der Waals surface area contributed by atoms with Gasteiger partial charge in [0.15, 0.2) is 0 Å². The van der Waals surface area contributed by atoms with Gasteiger partial charge in [0, 0.05) is 23.4 Å². The first kappa shape index (κ1) is 29.0. The maximum atomic E-state index is 13.4. The molecule has 0 bridgehead atoms. The van der Waals surface area contributed by atoms with Gasteiger partial charge >= 0.3 is 12.1 Å². The van der Waals surface area contributed by atoms with Crippen LogP contribution in [-0.2, 0) is 32.1 Å². The number of ether oxygens (including phenoxy) is 2. The van der Waals surface area contributed by atoms with Crippen molar-refractivity contribution >= 4 is 29.3 Å². The Bertz CT molecular complexity index is 1480. The van der Waals surface area contributed by atoms with Crippen molar-refractivity contribution in [1.29, 1.82) is 0 Å². The summed E-state index contributed by atoms with van der Waals surface area (Å²) >= 11 is 1.30. The Balaban J connectivity index is 1.28. The zero-order chi connectivity index (χ0) is 29.5. The number of benzene rings is 3. The molecule has 3 N–H and O–H groups in total. The summed E-state index contributed by atoms with van der Waals surface area (Å²) in [5.74, 6) is -2.05. The van der Waals surface area contributed by atoms with Crippen LogP contribution in [0, 0.1) is 0 Å². The third-order valence-electron chi connectivity index (χ3n) is 7.23. The van der Waals surface area contributed by atoms with E-state index in [1.54, 1.807) is 18.6 Å². The first-order valence-corrected chi connectivity index (χ1v) is 14.5. The van der Waals surface area contributed by atoms with Gasteiger partial charge < -0.3 is 25.2 Å². The van der Waals surface area contributed by atoms with Crippen LogP contribution in [0.5, 0.6) is 0 Å². The number of carbonyl (C=O) groups excluding carboxylic acids is 2. The Hall–Kier alpha value is -4.54. The molecule has 10 heteroatoms. The maximum absolute atomic E-state index is 13.4. The first-order chi connectivity index (χ1) is 20.4. The average molecular weight is 586 g/mol. The fourth-order valence-electron chi connectivity index (χ4n) is 5.07. The molecule has 1 aromatic heterocycles. The van der Waals surface area contributed by atoms with E-state index < -0.39 is 36.2 Å². The fourth-order valence-corrected chi connectivity index (χ4v) is 5.71. The van der Waals surface area contributed by atoms with Gasteiger partial charge in [-0.2, -0.15) is 0 Å². The number of nitrogens with zero attached hydrogens (tertiary/aromatic N) is 1. The van der Waals surface area contributed by atoms with Crippen LogP contribution >= 0.6 is 11.3 Å². The van der Waals surface area contributed by atoms with E-state index in [9.17, 15) is 19.5 Å². The van der Waals surface area contributed by atoms with Gasteiger partial charge in [0.25, 0.3) is 0 Å².